The molecule has 0 bridgehead atoms. The molecule has 0 unspecified atom stereocenters. The second-order valence-corrected chi connectivity index (χ2v) is 26.4. The largest absolute Gasteiger partial charge is 0.310 e. The second kappa shape index (κ2) is 24.0. The molecule has 0 saturated carbocycles. The zero-order chi connectivity index (χ0) is 66.1. The molecule has 0 aliphatic heterocycles. The smallest absolute Gasteiger partial charge is 0.0726 e. The van der Waals surface area contributed by atoms with Gasteiger partial charge in [-0.25, -0.2) is 0 Å². The number of para-hydroxylation sites is 2. The topological polar surface area (TPSA) is 6.48 Å². The van der Waals surface area contributed by atoms with E-state index in [2.05, 4.69) is 410 Å². The molecular weight excluding hydrogens is 1210 g/mol. The summed E-state index contributed by atoms with van der Waals surface area (Å²) in [4.78, 5) is 4.99. The van der Waals surface area contributed by atoms with Gasteiger partial charge in [-0.05, 0) is 160 Å². The number of hydrogen-bond donors (Lipinski definition) is 0. The third-order valence-electron chi connectivity index (χ3n) is 21.4. The minimum atomic E-state index is -0.418. The van der Waals surface area contributed by atoms with Crippen LogP contribution in [0.4, 0.5) is 34.1 Å². The molecule has 0 saturated heterocycles. The maximum atomic E-state index is 2.52. The SMILES string of the molecule is c1ccc(-c2cccc(N(c3cccc(-c4ccccc4)c3)c3cccc4c3-c3ccccc3C43c4ccccc4-c4ccccc43)c2)cc1.c1ccc(-c2ccccc2N(c2ccccc2-c2ccccc2)c2cccc3c2-c2ccccc2C32c3ccccc3-c3ccccc32)cc1. The van der Waals surface area contributed by atoms with Crippen LogP contribution in [-0.2, 0) is 10.8 Å². The predicted molar refractivity (Wildman–Crippen MR) is 417 cm³/mol. The zero-order valence-corrected chi connectivity index (χ0v) is 55.0. The summed E-state index contributed by atoms with van der Waals surface area (Å²) in [5.74, 6) is 0. The van der Waals surface area contributed by atoms with Gasteiger partial charge in [0, 0.05) is 33.6 Å². The van der Waals surface area contributed by atoms with Crippen molar-refractivity contribution in [3.05, 3.63) is 445 Å². The van der Waals surface area contributed by atoms with Gasteiger partial charge in [-0.1, -0.05) is 352 Å². The monoisotopic (exact) mass is 1270 g/mol. The van der Waals surface area contributed by atoms with Crippen LogP contribution < -0.4 is 9.80 Å². The van der Waals surface area contributed by atoms with Crippen LogP contribution in [0, 0.1) is 0 Å². The fraction of sp³-hybridized carbons (Fsp3) is 0.0204. The van der Waals surface area contributed by atoms with E-state index in [1.165, 1.54) is 145 Å². The lowest BCUT2D eigenvalue weighted by molar-refractivity contribution is 0.794. The molecule has 4 aliphatic rings. The lowest BCUT2D eigenvalue weighted by atomic mass is 9.70. The maximum Gasteiger partial charge on any atom is 0.0726 e. The first-order valence-corrected chi connectivity index (χ1v) is 34.7. The Kier molecular flexibility index (Phi) is 14.1. The summed E-state index contributed by atoms with van der Waals surface area (Å²) < 4.78 is 0. The molecule has 0 heterocycles. The normalized spacial score (nSPS) is 13.0. The van der Waals surface area contributed by atoms with E-state index in [9.17, 15) is 0 Å². The molecule has 2 nitrogen and oxygen atoms in total. The minimum Gasteiger partial charge on any atom is -0.310 e. The van der Waals surface area contributed by atoms with Gasteiger partial charge >= 0.3 is 0 Å². The Labute approximate surface area is 585 Å². The summed E-state index contributed by atoms with van der Waals surface area (Å²) in [6.45, 7) is 0. The molecule has 2 heteroatoms. The molecule has 20 rings (SSSR count). The number of hydrogen-bond acceptors (Lipinski definition) is 2. The van der Waals surface area contributed by atoms with E-state index in [-0.39, 0.29) is 0 Å². The van der Waals surface area contributed by atoms with E-state index in [0.29, 0.717) is 0 Å². The van der Waals surface area contributed by atoms with Crippen molar-refractivity contribution in [3.63, 3.8) is 0 Å². The number of fused-ring (bicyclic) bond motifs is 20. The quantitative estimate of drug-likeness (QED) is 0.135. The highest BCUT2D eigenvalue weighted by Crippen LogP contribution is 2.67. The van der Waals surface area contributed by atoms with Gasteiger partial charge in [0.05, 0.1) is 33.6 Å². The van der Waals surface area contributed by atoms with Gasteiger partial charge in [0.1, 0.15) is 0 Å². The summed E-state index contributed by atoms with van der Waals surface area (Å²) in [5, 5.41) is 0. The van der Waals surface area contributed by atoms with E-state index in [1.54, 1.807) is 0 Å². The fourth-order valence-corrected chi connectivity index (χ4v) is 17.4. The van der Waals surface area contributed by atoms with Gasteiger partial charge in [-0.3, -0.25) is 0 Å². The summed E-state index contributed by atoms with van der Waals surface area (Å²) >= 11 is 0. The summed E-state index contributed by atoms with van der Waals surface area (Å²) in [5.41, 5.74) is 36.7. The van der Waals surface area contributed by atoms with Gasteiger partial charge in [-0.2, -0.15) is 0 Å². The predicted octanol–water partition coefficient (Wildman–Crippen LogP) is 25.7. The average molecular weight is 1270 g/mol. The second-order valence-electron chi connectivity index (χ2n) is 26.4. The van der Waals surface area contributed by atoms with Crippen molar-refractivity contribution in [1.82, 2.24) is 0 Å². The Hall–Kier alpha value is -12.9. The van der Waals surface area contributed by atoms with Crippen LogP contribution in [0.25, 0.3) is 89.0 Å². The first-order chi connectivity index (χ1) is 49.7. The van der Waals surface area contributed by atoms with Crippen molar-refractivity contribution < 1.29 is 0 Å². The molecule has 2 spiro atoms. The molecule has 0 radical (unpaired) electrons. The Balaban J connectivity index is 0.000000139. The Morgan fingerprint density at radius 3 is 0.750 bits per heavy atom. The minimum absolute atomic E-state index is 0.404. The summed E-state index contributed by atoms with van der Waals surface area (Å²) in [6, 6.07) is 147. The van der Waals surface area contributed by atoms with Crippen molar-refractivity contribution in [3.8, 4) is 89.0 Å². The molecule has 0 amide bonds. The highest BCUT2D eigenvalue weighted by Gasteiger charge is 2.54. The van der Waals surface area contributed by atoms with Crippen LogP contribution in [0.3, 0.4) is 0 Å². The molecule has 16 aromatic rings. The molecule has 468 valence electrons. The number of nitrogens with zero attached hydrogens (tertiary/aromatic N) is 2. The van der Waals surface area contributed by atoms with Crippen LogP contribution in [0.2, 0.25) is 0 Å². The van der Waals surface area contributed by atoms with Crippen LogP contribution in [0.5, 0.6) is 0 Å². The van der Waals surface area contributed by atoms with Crippen molar-refractivity contribution in [2.75, 3.05) is 9.80 Å². The van der Waals surface area contributed by atoms with E-state index in [1.807, 2.05) is 0 Å². The van der Waals surface area contributed by atoms with Crippen LogP contribution in [-0.4, -0.2) is 0 Å². The molecular formula is C98H66N2. The molecule has 0 fully saturated rings. The molecule has 0 N–H and O–H groups in total. The molecule has 4 aliphatic carbocycles. The number of benzene rings is 16. The molecule has 0 aromatic heterocycles. The Bertz CT molecular complexity index is 5560. The Morgan fingerprint density at radius 1 is 0.150 bits per heavy atom. The fourth-order valence-electron chi connectivity index (χ4n) is 17.4. The summed E-state index contributed by atoms with van der Waals surface area (Å²) in [6.07, 6.45) is 0. The van der Waals surface area contributed by atoms with Crippen molar-refractivity contribution in [2.45, 2.75) is 10.8 Å². The van der Waals surface area contributed by atoms with E-state index in [0.717, 1.165) is 22.7 Å². The van der Waals surface area contributed by atoms with E-state index < -0.39 is 10.8 Å². The third-order valence-corrected chi connectivity index (χ3v) is 21.4. The maximum absolute atomic E-state index is 2.52. The lowest BCUT2D eigenvalue weighted by Crippen LogP contribution is -2.26. The van der Waals surface area contributed by atoms with Gasteiger partial charge in [-0.15, -0.1) is 0 Å². The van der Waals surface area contributed by atoms with Crippen molar-refractivity contribution in [2.24, 2.45) is 0 Å². The third kappa shape index (κ3) is 8.97. The van der Waals surface area contributed by atoms with Gasteiger partial charge in [0.25, 0.3) is 0 Å². The van der Waals surface area contributed by atoms with Crippen LogP contribution in [0.1, 0.15) is 44.5 Å². The first-order valence-electron chi connectivity index (χ1n) is 34.7. The van der Waals surface area contributed by atoms with Gasteiger partial charge < -0.3 is 9.80 Å². The molecule has 16 aromatic carbocycles. The highest BCUT2D eigenvalue weighted by atomic mass is 15.2. The van der Waals surface area contributed by atoms with E-state index in [4.69, 9.17) is 0 Å². The van der Waals surface area contributed by atoms with Gasteiger partial charge in [0.15, 0.2) is 0 Å². The Morgan fingerprint density at radius 2 is 0.390 bits per heavy atom. The lowest BCUT2D eigenvalue weighted by Gasteiger charge is -2.33. The van der Waals surface area contributed by atoms with E-state index >= 15 is 0 Å². The number of rotatable bonds is 10. The van der Waals surface area contributed by atoms with Crippen LogP contribution in [0.15, 0.2) is 400 Å². The van der Waals surface area contributed by atoms with Crippen LogP contribution >= 0.6 is 0 Å². The van der Waals surface area contributed by atoms with Gasteiger partial charge in [0.2, 0.25) is 0 Å². The average Bonchev–Trinajstić information content (AvgIpc) is 1.51. The molecule has 0 atom stereocenters. The standard InChI is InChI=1S/2C49H33N/c1-3-18-34(19-4-1)36-22-10-15-31-45(36)50(46-32-16-11-23-37(46)35-20-5-2-6-21-35)47-33-17-30-44-48(47)40-26-9-14-29-43(40)49(44)41-27-12-7-24-38(41)39-25-8-13-28-42(39)49;1-3-16-34(17-4-1)36-20-13-22-38(32-36)50(39-23-14-21-37(33-39)35-18-5-2-6-19-35)47-31-15-30-46-48(47)42-26-9-12-29-45(42)49(46)43-27-10-7-24-40(43)41-25-8-11-28-44(41)49/h2*1-33H. The first kappa shape index (κ1) is 58.5. The summed E-state index contributed by atoms with van der Waals surface area (Å²) in [7, 11) is 0. The van der Waals surface area contributed by atoms with Crippen molar-refractivity contribution in [1.29, 1.82) is 0 Å². The van der Waals surface area contributed by atoms with Crippen molar-refractivity contribution >= 4 is 34.1 Å². The number of anilines is 6. The highest BCUT2D eigenvalue weighted by molar-refractivity contribution is 6.05. The zero-order valence-electron chi connectivity index (χ0n) is 55.0. The molecule has 100 heavy (non-hydrogen) atoms.